The van der Waals surface area contributed by atoms with Gasteiger partial charge in [-0.1, -0.05) is 6.92 Å². The molecule has 2 nitrogen and oxygen atoms in total. The highest BCUT2D eigenvalue weighted by molar-refractivity contribution is 4.74. The zero-order valence-electron chi connectivity index (χ0n) is 7.58. The Kier molecular flexibility index (Phi) is 3.34. The van der Waals surface area contributed by atoms with Crippen LogP contribution in [0.25, 0.3) is 0 Å². The largest absolute Gasteiger partial charge is 0.395 e. The van der Waals surface area contributed by atoms with Gasteiger partial charge in [-0.3, -0.25) is 4.90 Å². The minimum absolute atomic E-state index is 0.298. The molecule has 1 aliphatic rings. The van der Waals surface area contributed by atoms with E-state index in [0.717, 1.165) is 5.92 Å². The average molecular weight is 157 g/mol. The Bertz CT molecular complexity index is 116. The SMILES string of the molecule is C[C@H]1CCCN([C@H](C)CO)C1. The molecule has 0 saturated carbocycles. The van der Waals surface area contributed by atoms with E-state index in [2.05, 4.69) is 18.7 Å². The Hall–Kier alpha value is -0.0800. The molecule has 1 heterocycles. The van der Waals surface area contributed by atoms with Crippen LogP contribution in [0.2, 0.25) is 0 Å². The molecule has 0 amide bonds. The maximum atomic E-state index is 8.93. The number of aliphatic hydroxyl groups is 1. The van der Waals surface area contributed by atoms with Gasteiger partial charge < -0.3 is 5.11 Å². The van der Waals surface area contributed by atoms with Crippen LogP contribution in [0.5, 0.6) is 0 Å². The van der Waals surface area contributed by atoms with E-state index in [1.807, 2.05) is 0 Å². The smallest absolute Gasteiger partial charge is 0.0584 e. The van der Waals surface area contributed by atoms with Crippen LogP contribution in [0, 0.1) is 5.92 Å². The van der Waals surface area contributed by atoms with Crippen LogP contribution in [-0.2, 0) is 0 Å². The Labute approximate surface area is 69.2 Å². The third kappa shape index (κ3) is 2.46. The molecule has 0 aromatic rings. The fraction of sp³-hybridized carbons (Fsp3) is 1.00. The van der Waals surface area contributed by atoms with Crippen molar-refractivity contribution in [3.8, 4) is 0 Å². The lowest BCUT2D eigenvalue weighted by Gasteiger charge is -2.34. The highest BCUT2D eigenvalue weighted by Gasteiger charge is 2.19. The first kappa shape index (κ1) is 9.01. The van der Waals surface area contributed by atoms with Crippen LogP contribution in [0.3, 0.4) is 0 Å². The second-order valence-electron chi connectivity index (χ2n) is 3.77. The summed E-state index contributed by atoms with van der Waals surface area (Å²) in [7, 11) is 0. The van der Waals surface area contributed by atoms with E-state index in [4.69, 9.17) is 5.11 Å². The van der Waals surface area contributed by atoms with Crippen LogP contribution >= 0.6 is 0 Å². The molecule has 11 heavy (non-hydrogen) atoms. The minimum atomic E-state index is 0.298. The standard InChI is InChI=1S/C9H19NO/c1-8-4-3-5-10(6-8)9(2)7-11/h8-9,11H,3-7H2,1-2H3/t8-,9+/m0/s1. The van der Waals surface area contributed by atoms with Gasteiger partial charge in [-0.2, -0.15) is 0 Å². The van der Waals surface area contributed by atoms with Gasteiger partial charge in [0.2, 0.25) is 0 Å². The summed E-state index contributed by atoms with van der Waals surface area (Å²) >= 11 is 0. The van der Waals surface area contributed by atoms with Gasteiger partial charge >= 0.3 is 0 Å². The number of aliphatic hydroxyl groups excluding tert-OH is 1. The van der Waals surface area contributed by atoms with Crippen molar-refractivity contribution in [1.82, 2.24) is 4.90 Å². The van der Waals surface area contributed by atoms with E-state index in [9.17, 15) is 0 Å². The minimum Gasteiger partial charge on any atom is -0.395 e. The molecule has 66 valence electrons. The van der Waals surface area contributed by atoms with Crippen LogP contribution < -0.4 is 0 Å². The van der Waals surface area contributed by atoms with E-state index in [0.29, 0.717) is 12.6 Å². The number of rotatable bonds is 2. The van der Waals surface area contributed by atoms with Crippen molar-refractivity contribution in [3.63, 3.8) is 0 Å². The highest BCUT2D eigenvalue weighted by atomic mass is 16.3. The molecular weight excluding hydrogens is 138 g/mol. The third-order valence-corrected chi connectivity index (χ3v) is 2.58. The molecule has 1 saturated heterocycles. The summed E-state index contributed by atoms with van der Waals surface area (Å²) in [6.45, 7) is 7.02. The molecule has 2 atom stereocenters. The maximum absolute atomic E-state index is 8.93. The number of likely N-dealkylation sites (tertiary alicyclic amines) is 1. The van der Waals surface area contributed by atoms with Gasteiger partial charge in [0, 0.05) is 12.6 Å². The molecule has 1 rings (SSSR count). The fourth-order valence-corrected chi connectivity index (χ4v) is 1.74. The lowest BCUT2D eigenvalue weighted by atomic mass is 9.99. The molecule has 0 aliphatic carbocycles. The van der Waals surface area contributed by atoms with Crippen molar-refractivity contribution in [2.75, 3.05) is 19.7 Å². The molecule has 0 aromatic heterocycles. The average Bonchev–Trinajstić information content (AvgIpc) is 2.03. The Morgan fingerprint density at radius 2 is 2.36 bits per heavy atom. The van der Waals surface area contributed by atoms with Gasteiger partial charge in [-0.25, -0.2) is 0 Å². The Balaban J connectivity index is 2.33. The second-order valence-corrected chi connectivity index (χ2v) is 3.77. The van der Waals surface area contributed by atoms with Crippen molar-refractivity contribution in [2.24, 2.45) is 5.92 Å². The molecule has 0 bridgehead atoms. The van der Waals surface area contributed by atoms with E-state index >= 15 is 0 Å². The van der Waals surface area contributed by atoms with E-state index in [1.54, 1.807) is 0 Å². The van der Waals surface area contributed by atoms with Gasteiger partial charge in [0.15, 0.2) is 0 Å². The van der Waals surface area contributed by atoms with Gasteiger partial charge in [0.05, 0.1) is 6.61 Å². The van der Waals surface area contributed by atoms with E-state index in [1.165, 1.54) is 25.9 Å². The summed E-state index contributed by atoms with van der Waals surface area (Å²) in [5.41, 5.74) is 0. The van der Waals surface area contributed by atoms with Crippen molar-refractivity contribution in [3.05, 3.63) is 0 Å². The van der Waals surface area contributed by atoms with Gasteiger partial charge in [-0.05, 0) is 32.2 Å². The summed E-state index contributed by atoms with van der Waals surface area (Å²) in [6.07, 6.45) is 2.65. The van der Waals surface area contributed by atoms with Crippen LogP contribution in [0.1, 0.15) is 26.7 Å². The van der Waals surface area contributed by atoms with E-state index in [-0.39, 0.29) is 0 Å². The predicted molar refractivity (Wildman–Crippen MR) is 46.5 cm³/mol. The van der Waals surface area contributed by atoms with Crippen molar-refractivity contribution in [1.29, 1.82) is 0 Å². The van der Waals surface area contributed by atoms with Gasteiger partial charge in [0.25, 0.3) is 0 Å². The first-order valence-corrected chi connectivity index (χ1v) is 4.59. The molecule has 1 aliphatic heterocycles. The highest BCUT2D eigenvalue weighted by Crippen LogP contribution is 2.17. The quantitative estimate of drug-likeness (QED) is 0.649. The molecule has 0 aromatic carbocycles. The van der Waals surface area contributed by atoms with Crippen molar-refractivity contribution in [2.45, 2.75) is 32.7 Å². The topological polar surface area (TPSA) is 23.5 Å². The maximum Gasteiger partial charge on any atom is 0.0584 e. The summed E-state index contributed by atoms with van der Waals surface area (Å²) in [5, 5.41) is 8.93. The molecule has 0 radical (unpaired) electrons. The first-order chi connectivity index (χ1) is 5.24. The van der Waals surface area contributed by atoms with Crippen LogP contribution in [0.4, 0.5) is 0 Å². The van der Waals surface area contributed by atoms with Gasteiger partial charge in [0.1, 0.15) is 0 Å². The predicted octanol–water partition coefficient (Wildman–Crippen LogP) is 1.10. The number of nitrogens with zero attached hydrogens (tertiary/aromatic N) is 1. The lowest BCUT2D eigenvalue weighted by molar-refractivity contribution is 0.0940. The molecule has 0 spiro atoms. The van der Waals surface area contributed by atoms with Crippen molar-refractivity contribution < 1.29 is 5.11 Å². The second kappa shape index (κ2) is 4.07. The summed E-state index contributed by atoms with van der Waals surface area (Å²) in [6, 6.07) is 0.359. The van der Waals surface area contributed by atoms with Crippen LogP contribution in [-0.4, -0.2) is 35.7 Å². The number of hydrogen-bond donors (Lipinski definition) is 1. The normalized spacial score (nSPS) is 30.3. The molecule has 0 unspecified atom stereocenters. The zero-order valence-corrected chi connectivity index (χ0v) is 7.58. The van der Waals surface area contributed by atoms with E-state index < -0.39 is 0 Å². The van der Waals surface area contributed by atoms with Gasteiger partial charge in [-0.15, -0.1) is 0 Å². The lowest BCUT2D eigenvalue weighted by Crippen LogP contribution is -2.42. The molecule has 2 heteroatoms. The Morgan fingerprint density at radius 3 is 2.91 bits per heavy atom. The number of piperidine rings is 1. The Morgan fingerprint density at radius 1 is 1.64 bits per heavy atom. The summed E-state index contributed by atoms with van der Waals surface area (Å²) in [4.78, 5) is 2.38. The monoisotopic (exact) mass is 157 g/mol. The third-order valence-electron chi connectivity index (χ3n) is 2.58. The fourth-order valence-electron chi connectivity index (χ4n) is 1.74. The molecule has 1 fully saturated rings. The summed E-state index contributed by atoms with van der Waals surface area (Å²) in [5.74, 6) is 0.817. The van der Waals surface area contributed by atoms with Crippen LogP contribution in [0.15, 0.2) is 0 Å². The zero-order chi connectivity index (χ0) is 8.27. The number of hydrogen-bond acceptors (Lipinski definition) is 2. The summed E-state index contributed by atoms with van der Waals surface area (Å²) < 4.78 is 0. The first-order valence-electron chi connectivity index (χ1n) is 4.59. The van der Waals surface area contributed by atoms with Crippen molar-refractivity contribution >= 4 is 0 Å². The molecule has 1 N–H and O–H groups in total. The molecular formula is C9H19NO.